The summed E-state index contributed by atoms with van der Waals surface area (Å²) in [6.07, 6.45) is 1.73. The van der Waals surface area contributed by atoms with Gasteiger partial charge in [0.2, 0.25) is 5.91 Å². The van der Waals surface area contributed by atoms with Crippen molar-refractivity contribution in [3.63, 3.8) is 0 Å². The molecule has 1 fully saturated rings. The van der Waals surface area contributed by atoms with Crippen LogP contribution in [-0.2, 0) is 19.1 Å². The molecule has 2 aromatic rings. The molecule has 32 heavy (non-hydrogen) atoms. The lowest BCUT2D eigenvalue weighted by Gasteiger charge is -2.35. The van der Waals surface area contributed by atoms with Gasteiger partial charge >= 0.3 is 5.97 Å². The Morgan fingerprint density at radius 3 is 2.50 bits per heavy atom. The Hall–Kier alpha value is -3.14. The van der Waals surface area contributed by atoms with Gasteiger partial charge in [-0.1, -0.05) is 6.07 Å². The van der Waals surface area contributed by atoms with Crippen LogP contribution in [0.25, 0.3) is 0 Å². The molecule has 3 rings (SSSR count). The number of nitrogens with one attached hydrogen (secondary N) is 1. The fourth-order valence-electron chi connectivity index (χ4n) is 3.07. The molecule has 8 nitrogen and oxygen atoms in total. The first-order valence-electron chi connectivity index (χ1n) is 10.2. The fraction of sp³-hybridized carbons (Fsp3) is 0.364. The van der Waals surface area contributed by atoms with Gasteiger partial charge in [-0.3, -0.25) is 14.4 Å². The smallest absolute Gasteiger partial charge is 0.319 e. The number of thioether (sulfide) groups is 1. The van der Waals surface area contributed by atoms with Crippen molar-refractivity contribution >= 4 is 41.1 Å². The number of carbonyl (C=O) groups excluding carboxylic acids is 3. The summed E-state index contributed by atoms with van der Waals surface area (Å²) in [5.41, 5.74) is 0.473. The van der Waals surface area contributed by atoms with Gasteiger partial charge in [-0.15, -0.1) is 11.8 Å². The standard InChI is InChI=1S/C22H25FN4O4S/c1-16(32-15-20(28)25-18-7-5-17(23)6-8-18)22(30)31-14-21(29)27-12-10-26(11-13-27)19-4-2-3-9-24-19/h2-9,16H,10-15H2,1H3,(H,25,28). The van der Waals surface area contributed by atoms with E-state index in [1.54, 1.807) is 18.0 Å². The number of halogens is 1. The highest BCUT2D eigenvalue weighted by molar-refractivity contribution is 8.01. The summed E-state index contributed by atoms with van der Waals surface area (Å²) >= 11 is 1.10. The third-order valence-corrected chi connectivity index (χ3v) is 5.99. The van der Waals surface area contributed by atoms with Gasteiger partial charge in [0.05, 0.1) is 5.75 Å². The second-order valence-corrected chi connectivity index (χ2v) is 8.50. The number of aromatic nitrogens is 1. The Bertz CT molecular complexity index is 921. The van der Waals surface area contributed by atoms with E-state index in [0.29, 0.717) is 31.9 Å². The Kier molecular flexibility index (Phi) is 8.43. The topological polar surface area (TPSA) is 91.8 Å². The predicted octanol–water partition coefficient (Wildman–Crippen LogP) is 2.17. The van der Waals surface area contributed by atoms with Crippen molar-refractivity contribution in [1.29, 1.82) is 0 Å². The van der Waals surface area contributed by atoms with E-state index in [0.717, 1.165) is 17.6 Å². The van der Waals surface area contributed by atoms with Gasteiger partial charge in [-0.2, -0.15) is 0 Å². The molecule has 10 heteroatoms. The minimum atomic E-state index is -0.609. The van der Waals surface area contributed by atoms with Crippen molar-refractivity contribution in [2.75, 3.05) is 48.8 Å². The fourth-order valence-corrected chi connectivity index (χ4v) is 3.74. The van der Waals surface area contributed by atoms with E-state index in [1.807, 2.05) is 18.2 Å². The molecule has 2 amide bonds. The lowest BCUT2D eigenvalue weighted by atomic mass is 10.3. The number of hydrogen-bond donors (Lipinski definition) is 1. The molecule has 0 saturated carbocycles. The van der Waals surface area contributed by atoms with Gasteiger partial charge in [-0.25, -0.2) is 9.37 Å². The Balaban J connectivity index is 1.34. The van der Waals surface area contributed by atoms with Crippen LogP contribution in [0.15, 0.2) is 48.7 Å². The molecule has 0 spiro atoms. The number of piperazine rings is 1. The van der Waals surface area contributed by atoms with Crippen molar-refractivity contribution in [2.24, 2.45) is 0 Å². The molecule has 1 aromatic heterocycles. The number of anilines is 2. The van der Waals surface area contributed by atoms with Crippen LogP contribution in [0.1, 0.15) is 6.92 Å². The van der Waals surface area contributed by atoms with Gasteiger partial charge in [0.25, 0.3) is 5.91 Å². The highest BCUT2D eigenvalue weighted by Gasteiger charge is 2.24. The highest BCUT2D eigenvalue weighted by Crippen LogP contribution is 2.15. The van der Waals surface area contributed by atoms with Crippen molar-refractivity contribution in [3.8, 4) is 0 Å². The molecule has 2 heterocycles. The number of esters is 1. The average Bonchev–Trinajstić information content (AvgIpc) is 2.83. The second-order valence-electron chi connectivity index (χ2n) is 7.17. The molecule has 1 N–H and O–H groups in total. The summed E-state index contributed by atoms with van der Waals surface area (Å²) in [6.45, 7) is 3.67. The summed E-state index contributed by atoms with van der Waals surface area (Å²) in [6, 6.07) is 11.1. The molecule has 1 aliphatic heterocycles. The van der Waals surface area contributed by atoms with Crippen molar-refractivity contribution in [2.45, 2.75) is 12.2 Å². The number of amides is 2. The van der Waals surface area contributed by atoms with Gasteiger partial charge in [-0.05, 0) is 43.3 Å². The first kappa shape index (κ1) is 23.5. The maximum atomic E-state index is 12.9. The Morgan fingerprint density at radius 2 is 1.84 bits per heavy atom. The number of ether oxygens (including phenoxy) is 1. The van der Waals surface area contributed by atoms with E-state index in [2.05, 4.69) is 15.2 Å². The number of nitrogens with zero attached hydrogens (tertiary/aromatic N) is 3. The molecule has 0 aliphatic carbocycles. The summed E-state index contributed by atoms with van der Waals surface area (Å²) in [5.74, 6) is -0.603. The molecule has 0 radical (unpaired) electrons. The molecule has 1 atom stereocenters. The minimum Gasteiger partial charge on any atom is -0.455 e. The van der Waals surface area contributed by atoms with Gasteiger partial charge in [0, 0.05) is 38.1 Å². The number of pyridine rings is 1. The molecule has 0 bridgehead atoms. The number of hydrogen-bond acceptors (Lipinski definition) is 7. The van der Waals surface area contributed by atoms with Gasteiger partial charge in [0.15, 0.2) is 6.61 Å². The summed E-state index contributed by atoms with van der Waals surface area (Å²) < 4.78 is 18.0. The molecular formula is C22H25FN4O4S. The average molecular weight is 461 g/mol. The zero-order chi connectivity index (χ0) is 22.9. The van der Waals surface area contributed by atoms with Gasteiger partial charge in [0.1, 0.15) is 16.9 Å². The minimum absolute atomic E-state index is 0.0249. The molecular weight excluding hydrogens is 435 g/mol. The van der Waals surface area contributed by atoms with Crippen LogP contribution >= 0.6 is 11.8 Å². The quantitative estimate of drug-likeness (QED) is 0.604. The van der Waals surface area contributed by atoms with E-state index < -0.39 is 17.0 Å². The lowest BCUT2D eigenvalue weighted by Crippen LogP contribution is -2.50. The summed E-state index contributed by atoms with van der Waals surface area (Å²) in [4.78, 5) is 44.6. The molecule has 1 saturated heterocycles. The van der Waals surface area contributed by atoms with E-state index in [4.69, 9.17) is 4.74 Å². The molecule has 1 aliphatic rings. The van der Waals surface area contributed by atoms with Crippen LogP contribution < -0.4 is 10.2 Å². The maximum absolute atomic E-state index is 12.9. The zero-order valence-corrected chi connectivity index (χ0v) is 18.5. The first-order chi connectivity index (χ1) is 15.4. The summed E-state index contributed by atoms with van der Waals surface area (Å²) in [5, 5.41) is 2.02. The number of rotatable bonds is 8. The highest BCUT2D eigenvalue weighted by atomic mass is 32.2. The van der Waals surface area contributed by atoms with E-state index in [-0.39, 0.29) is 24.2 Å². The maximum Gasteiger partial charge on any atom is 0.319 e. The number of carbonyl (C=O) groups is 3. The van der Waals surface area contributed by atoms with Crippen LogP contribution in [0, 0.1) is 5.82 Å². The van der Waals surface area contributed by atoms with Crippen LogP contribution in [0.4, 0.5) is 15.9 Å². The van der Waals surface area contributed by atoms with Crippen LogP contribution in [-0.4, -0.2) is 71.5 Å². The monoisotopic (exact) mass is 460 g/mol. The van der Waals surface area contributed by atoms with E-state index in [9.17, 15) is 18.8 Å². The Morgan fingerprint density at radius 1 is 1.12 bits per heavy atom. The van der Waals surface area contributed by atoms with Crippen LogP contribution in [0.3, 0.4) is 0 Å². The predicted molar refractivity (Wildman–Crippen MR) is 121 cm³/mol. The summed E-state index contributed by atoms with van der Waals surface area (Å²) in [7, 11) is 0. The molecule has 170 valence electrons. The van der Waals surface area contributed by atoms with Gasteiger partial charge < -0.3 is 19.9 Å². The van der Waals surface area contributed by atoms with Crippen LogP contribution in [0.2, 0.25) is 0 Å². The van der Waals surface area contributed by atoms with Crippen molar-refractivity contribution in [1.82, 2.24) is 9.88 Å². The molecule has 1 unspecified atom stereocenters. The first-order valence-corrected chi connectivity index (χ1v) is 11.2. The number of benzene rings is 1. The Labute approximate surface area is 190 Å². The SMILES string of the molecule is CC(SCC(=O)Nc1ccc(F)cc1)C(=O)OCC(=O)N1CCN(c2ccccn2)CC1. The third kappa shape index (κ3) is 6.94. The zero-order valence-electron chi connectivity index (χ0n) is 17.7. The largest absolute Gasteiger partial charge is 0.455 e. The van der Waals surface area contributed by atoms with Crippen molar-refractivity contribution in [3.05, 3.63) is 54.5 Å². The van der Waals surface area contributed by atoms with E-state index in [1.165, 1.54) is 24.3 Å². The third-order valence-electron chi connectivity index (χ3n) is 4.87. The second kappa shape index (κ2) is 11.5. The van der Waals surface area contributed by atoms with Crippen molar-refractivity contribution < 1.29 is 23.5 Å². The lowest BCUT2D eigenvalue weighted by molar-refractivity contribution is -0.151. The van der Waals surface area contributed by atoms with Crippen LogP contribution in [0.5, 0.6) is 0 Å². The van der Waals surface area contributed by atoms with E-state index >= 15 is 0 Å². The normalized spacial score (nSPS) is 14.6. The molecule has 1 aromatic carbocycles.